The van der Waals surface area contributed by atoms with Gasteiger partial charge >= 0.3 is 0 Å². The highest BCUT2D eigenvalue weighted by molar-refractivity contribution is 5.33. The lowest BCUT2D eigenvalue weighted by molar-refractivity contribution is 0.320. The van der Waals surface area contributed by atoms with Gasteiger partial charge in [-0.2, -0.15) is 0 Å². The summed E-state index contributed by atoms with van der Waals surface area (Å²) in [4.78, 5) is 0. The molecular weight excluding hydrogens is 254 g/mol. The number of hydrogen-bond donors (Lipinski definition) is 1. The van der Waals surface area contributed by atoms with Crippen molar-refractivity contribution in [1.82, 2.24) is 5.32 Å². The van der Waals surface area contributed by atoms with Crippen LogP contribution >= 0.6 is 0 Å². The van der Waals surface area contributed by atoms with Crippen molar-refractivity contribution in [3.8, 4) is 0 Å². The van der Waals surface area contributed by atoms with Gasteiger partial charge in [0, 0.05) is 12.1 Å². The van der Waals surface area contributed by atoms with E-state index >= 15 is 0 Å². The van der Waals surface area contributed by atoms with E-state index in [1.54, 1.807) is 0 Å². The summed E-state index contributed by atoms with van der Waals surface area (Å²) in [6.45, 7) is 4.64. The maximum atomic E-state index is 3.88. The van der Waals surface area contributed by atoms with Gasteiger partial charge in [0.1, 0.15) is 0 Å². The number of benzene rings is 2. The van der Waals surface area contributed by atoms with Crippen LogP contribution in [0.3, 0.4) is 0 Å². The number of hydrogen-bond acceptors (Lipinski definition) is 1. The Morgan fingerprint density at radius 2 is 1.71 bits per heavy atom. The highest BCUT2D eigenvalue weighted by Gasteiger charge is 2.27. The Labute approximate surface area is 128 Å². The van der Waals surface area contributed by atoms with Crippen LogP contribution in [-0.2, 0) is 12.8 Å². The van der Waals surface area contributed by atoms with Crippen LogP contribution in [0, 0.1) is 5.92 Å². The summed E-state index contributed by atoms with van der Waals surface area (Å²) in [5.74, 6) is 0.678. The molecule has 2 aromatic carbocycles. The molecule has 0 radical (unpaired) electrons. The van der Waals surface area contributed by atoms with E-state index in [1.165, 1.54) is 23.1 Å². The van der Waals surface area contributed by atoms with Crippen LogP contribution in [0.25, 0.3) is 0 Å². The third kappa shape index (κ3) is 3.36. The SMILES string of the molecule is CC(C)C1Cc2ccccc2C(CCc2ccccc2)N1. The molecule has 0 fully saturated rings. The molecule has 0 spiro atoms. The van der Waals surface area contributed by atoms with Gasteiger partial charge in [0.2, 0.25) is 0 Å². The molecule has 1 heterocycles. The molecule has 1 N–H and O–H groups in total. The first-order chi connectivity index (χ1) is 10.2. The first-order valence-corrected chi connectivity index (χ1v) is 8.12. The molecule has 2 aromatic rings. The number of nitrogens with one attached hydrogen (secondary N) is 1. The molecule has 0 aliphatic carbocycles. The van der Waals surface area contributed by atoms with E-state index < -0.39 is 0 Å². The summed E-state index contributed by atoms with van der Waals surface area (Å²) in [6, 6.07) is 20.9. The summed E-state index contributed by atoms with van der Waals surface area (Å²) >= 11 is 0. The molecule has 0 saturated heterocycles. The lowest BCUT2D eigenvalue weighted by Crippen LogP contribution is -2.42. The second kappa shape index (κ2) is 6.44. The Bertz CT molecular complexity index is 573. The fourth-order valence-corrected chi connectivity index (χ4v) is 3.33. The Balaban J connectivity index is 1.77. The molecule has 0 saturated carbocycles. The van der Waals surface area contributed by atoms with Gasteiger partial charge in [0.15, 0.2) is 0 Å². The Morgan fingerprint density at radius 3 is 2.48 bits per heavy atom. The van der Waals surface area contributed by atoms with Crippen molar-refractivity contribution < 1.29 is 0 Å². The molecule has 0 aromatic heterocycles. The monoisotopic (exact) mass is 279 g/mol. The van der Waals surface area contributed by atoms with Crippen LogP contribution in [0.5, 0.6) is 0 Å². The van der Waals surface area contributed by atoms with Crippen LogP contribution in [0.4, 0.5) is 0 Å². The summed E-state index contributed by atoms with van der Waals surface area (Å²) in [6.07, 6.45) is 3.47. The van der Waals surface area contributed by atoms with E-state index in [1.807, 2.05) is 0 Å². The van der Waals surface area contributed by atoms with E-state index in [2.05, 4.69) is 73.8 Å². The van der Waals surface area contributed by atoms with E-state index in [0.717, 1.165) is 12.8 Å². The Morgan fingerprint density at radius 1 is 1.00 bits per heavy atom. The zero-order valence-electron chi connectivity index (χ0n) is 13.0. The highest BCUT2D eigenvalue weighted by atomic mass is 15.0. The number of fused-ring (bicyclic) bond motifs is 1. The molecule has 2 atom stereocenters. The predicted octanol–water partition coefficient (Wildman–Crippen LogP) is 4.53. The standard InChI is InChI=1S/C20H25N/c1-15(2)20-14-17-10-6-7-11-18(17)19(21-20)13-12-16-8-4-3-5-9-16/h3-11,15,19-21H,12-14H2,1-2H3. The van der Waals surface area contributed by atoms with Gasteiger partial charge in [0.25, 0.3) is 0 Å². The molecule has 1 aliphatic rings. The van der Waals surface area contributed by atoms with Crippen molar-refractivity contribution in [3.63, 3.8) is 0 Å². The smallest absolute Gasteiger partial charge is 0.0328 e. The zero-order valence-corrected chi connectivity index (χ0v) is 13.0. The van der Waals surface area contributed by atoms with Crippen molar-refractivity contribution in [2.24, 2.45) is 5.92 Å². The van der Waals surface area contributed by atoms with Gasteiger partial charge < -0.3 is 5.32 Å². The van der Waals surface area contributed by atoms with Crippen LogP contribution < -0.4 is 5.32 Å². The van der Waals surface area contributed by atoms with Gasteiger partial charge in [0.05, 0.1) is 0 Å². The molecular formula is C20H25N. The first kappa shape index (κ1) is 14.3. The topological polar surface area (TPSA) is 12.0 Å². The summed E-state index contributed by atoms with van der Waals surface area (Å²) in [5.41, 5.74) is 4.47. The maximum Gasteiger partial charge on any atom is 0.0328 e. The fourth-order valence-electron chi connectivity index (χ4n) is 3.33. The summed E-state index contributed by atoms with van der Waals surface area (Å²) in [7, 11) is 0. The van der Waals surface area contributed by atoms with E-state index in [4.69, 9.17) is 0 Å². The van der Waals surface area contributed by atoms with E-state index in [0.29, 0.717) is 18.0 Å². The van der Waals surface area contributed by atoms with Gasteiger partial charge in [-0.3, -0.25) is 0 Å². The van der Waals surface area contributed by atoms with E-state index in [-0.39, 0.29) is 0 Å². The Hall–Kier alpha value is -1.60. The lowest BCUT2D eigenvalue weighted by atomic mass is 9.84. The first-order valence-electron chi connectivity index (χ1n) is 8.12. The third-order valence-corrected chi connectivity index (χ3v) is 4.65. The quantitative estimate of drug-likeness (QED) is 0.867. The number of rotatable bonds is 4. The van der Waals surface area contributed by atoms with Crippen LogP contribution in [0.1, 0.15) is 43.0 Å². The lowest BCUT2D eigenvalue weighted by Gasteiger charge is -2.35. The van der Waals surface area contributed by atoms with Gasteiger partial charge in [-0.25, -0.2) is 0 Å². The van der Waals surface area contributed by atoms with Crippen molar-refractivity contribution >= 4 is 0 Å². The predicted molar refractivity (Wildman–Crippen MR) is 89.4 cm³/mol. The maximum absolute atomic E-state index is 3.88. The molecule has 21 heavy (non-hydrogen) atoms. The van der Waals surface area contributed by atoms with Crippen molar-refractivity contribution in [3.05, 3.63) is 71.3 Å². The highest BCUT2D eigenvalue weighted by Crippen LogP contribution is 2.30. The van der Waals surface area contributed by atoms with Crippen molar-refractivity contribution in [2.75, 3.05) is 0 Å². The molecule has 2 unspecified atom stereocenters. The van der Waals surface area contributed by atoms with Crippen molar-refractivity contribution in [1.29, 1.82) is 0 Å². The molecule has 1 nitrogen and oxygen atoms in total. The van der Waals surface area contributed by atoms with Crippen LogP contribution in [0.15, 0.2) is 54.6 Å². The Kier molecular flexibility index (Phi) is 4.40. The normalized spacial score (nSPS) is 21.3. The average Bonchev–Trinajstić information content (AvgIpc) is 2.53. The van der Waals surface area contributed by atoms with E-state index in [9.17, 15) is 0 Å². The molecule has 110 valence electrons. The molecule has 3 rings (SSSR count). The molecule has 0 bridgehead atoms. The molecule has 0 amide bonds. The number of aryl methyl sites for hydroxylation is 1. The minimum Gasteiger partial charge on any atom is -0.307 e. The van der Waals surface area contributed by atoms with Crippen LogP contribution in [-0.4, -0.2) is 6.04 Å². The van der Waals surface area contributed by atoms with Crippen LogP contribution in [0.2, 0.25) is 0 Å². The molecule has 1 aliphatic heterocycles. The largest absolute Gasteiger partial charge is 0.307 e. The summed E-state index contributed by atoms with van der Waals surface area (Å²) < 4.78 is 0. The van der Waals surface area contributed by atoms with Gasteiger partial charge in [-0.05, 0) is 41.9 Å². The minimum absolute atomic E-state index is 0.488. The summed E-state index contributed by atoms with van der Waals surface area (Å²) in [5, 5.41) is 3.88. The third-order valence-electron chi connectivity index (χ3n) is 4.65. The zero-order chi connectivity index (χ0) is 14.7. The molecule has 1 heteroatoms. The fraction of sp³-hybridized carbons (Fsp3) is 0.400. The second-order valence-electron chi connectivity index (χ2n) is 6.50. The minimum atomic E-state index is 0.488. The van der Waals surface area contributed by atoms with Crippen molar-refractivity contribution in [2.45, 2.75) is 45.2 Å². The average molecular weight is 279 g/mol. The van der Waals surface area contributed by atoms with Gasteiger partial charge in [-0.1, -0.05) is 68.4 Å². The second-order valence-corrected chi connectivity index (χ2v) is 6.50. The van der Waals surface area contributed by atoms with Gasteiger partial charge in [-0.15, -0.1) is 0 Å².